The summed E-state index contributed by atoms with van der Waals surface area (Å²) in [5.74, 6) is 0.481. The highest BCUT2D eigenvalue weighted by Gasteiger charge is 2.22. The van der Waals surface area contributed by atoms with Crippen molar-refractivity contribution < 1.29 is 9.78 Å². The minimum Gasteiger partial charge on any atom is -0.352 e. The van der Waals surface area contributed by atoms with Gasteiger partial charge in [0.15, 0.2) is 12.4 Å². The molecule has 1 amide bonds. The Morgan fingerprint density at radius 2 is 2.27 bits per heavy atom. The molecule has 1 heterocycles. The molecule has 0 aromatic carbocycles. The number of carbonyl (C=O) groups is 1. The molecule has 1 aliphatic rings. The molecule has 80 valence electrons. The lowest BCUT2D eigenvalue weighted by Crippen LogP contribution is -2.29. The Bertz CT molecular complexity index is 318. The largest absolute Gasteiger partial charge is 0.352 e. The molecule has 3 heteroatoms. The molecule has 15 heavy (non-hydrogen) atoms. The van der Waals surface area contributed by atoms with Crippen LogP contribution >= 0.6 is 0 Å². The van der Waals surface area contributed by atoms with E-state index in [1.807, 2.05) is 24.5 Å². The Hall–Kier alpha value is -1.38. The molecular formula is C12H17N2O+. The average molecular weight is 205 g/mol. The molecule has 0 aliphatic heterocycles. The van der Waals surface area contributed by atoms with Gasteiger partial charge in [0.05, 0.1) is 0 Å². The first-order valence-corrected chi connectivity index (χ1v) is 5.59. The van der Waals surface area contributed by atoms with Gasteiger partial charge in [0, 0.05) is 24.1 Å². The molecular weight excluding hydrogens is 188 g/mol. The van der Waals surface area contributed by atoms with Crippen LogP contribution in [0.1, 0.15) is 31.2 Å². The van der Waals surface area contributed by atoms with Gasteiger partial charge in [0.25, 0.3) is 0 Å². The van der Waals surface area contributed by atoms with Crippen LogP contribution in [-0.4, -0.2) is 5.91 Å². The fourth-order valence-electron chi connectivity index (χ4n) is 2.06. The molecule has 1 saturated carbocycles. The van der Waals surface area contributed by atoms with Crippen molar-refractivity contribution in [3.63, 3.8) is 0 Å². The van der Waals surface area contributed by atoms with Gasteiger partial charge in [-0.3, -0.25) is 4.79 Å². The third kappa shape index (κ3) is 2.78. The second-order valence-corrected chi connectivity index (χ2v) is 4.11. The Morgan fingerprint density at radius 1 is 1.47 bits per heavy atom. The number of rotatable bonds is 3. The molecule has 2 rings (SSSR count). The van der Waals surface area contributed by atoms with Crippen LogP contribution in [0, 0.1) is 5.92 Å². The number of hydrogen-bond acceptors (Lipinski definition) is 1. The fourth-order valence-corrected chi connectivity index (χ4v) is 2.06. The molecule has 3 nitrogen and oxygen atoms in total. The third-order valence-electron chi connectivity index (χ3n) is 2.96. The van der Waals surface area contributed by atoms with Gasteiger partial charge >= 0.3 is 0 Å². The van der Waals surface area contributed by atoms with Crippen molar-refractivity contribution >= 4 is 5.91 Å². The van der Waals surface area contributed by atoms with Crippen molar-refractivity contribution in [3.8, 4) is 0 Å². The van der Waals surface area contributed by atoms with Crippen LogP contribution in [0.25, 0.3) is 0 Å². The summed E-state index contributed by atoms with van der Waals surface area (Å²) in [7, 11) is 0. The maximum absolute atomic E-state index is 11.7. The van der Waals surface area contributed by atoms with Crippen molar-refractivity contribution in [3.05, 3.63) is 30.1 Å². The van der Waals surface area contributed by atoms with E-state index in [0.29, 0.717) is 6.54 Å². The fraction of sp³-hybridized carbons (Fsp3) is 0.500. The van der Waals surface area contributed by atoms with Crippen molar-refractivity contribution in [2.75, 3.05) is 0 Å². The first kappa shape index (κ1) is 10.1. The number of H-pyrrole nitrogens is 1. The molecule has 0 unspecified atom stereocenters. The van der Waals surface area contributed by atoms with Gasteiger partial charge in [-0.15, -0.1) is 0 Å². The van der Waals surface area contributed by atoms with Crippen LogP contribution < -0.4 is 10.3 Å². The van der Waals surface area contributed by atoms with Gasteiger partial charge in [-0.2, -0.15) is 0 Å². The van der Waals surface area contributed by atoms with Crippen molar-refractivity contribution in [1.82, 2.24) is 5.32 Å². The number of carbonyl (C=O) groups excluding carboxylic acids is 1. The smallest absolute Gasteiger partial charge is 0.223 e. The lowest BCUT2D eigenvalue weighted by Gasteiger charge is -2.09. The SMILES string of the molecule is O=C(NCc1ccc[nH+]c1)C1CCCC1. The van der Waals surface area contributed by atoms with E-state index in [9.17, 15) is 4.79 Å². The zero-order valence-electron chi connectivity index (χ0n) is 8.83. The van der Waals surface area contributed by atoms with Gasteiger partial charge in [-0.05, 0) is 18.9 Å². The van der Waals surface area contributed by atoms with E-state index in [4.69, 9.17) is 0 Å². The van der Waals surface area contributed by atoms with Crippen LogP contribution in [0.15, 0.2) is 24.5 Å². The first-order chi connectivity index (χ1) is 7.36. The molecule has 0 saturated heterocycles. The van der Waals surface area contributed by atoms with Crippen LogP contribution in [0.4, 0.5) is 0 Å². The summed E-state index contributed by atoms with van der Waals surface area (Å²) in [5.41, 5.74) is 1.11. The number of amides is 1. The number of aromatic nitrogens is 1. The summed E-state index contributed by atoms with van der Waals surface area (Å²) in [6.45, 7) is 0.632. The van der Waals surface area contributed by atoms with E-state index in [1.165, 1.54) is 12.8 Å². The quantitative estimate of drug-likeness (QED) is 0.794. The molecule has 1 aromatic heterocycles. The first-order valence-electron chi connectivity index (χ1n) is 5.59. The van der Waals surface area contributed by atoms with Crippen LogP contribution in [0.5, 0.6) is 0 Å². The van der Waals surface area contributed by atoms with Crippen LogP contribution in [0.3, 0.4) is 0 Å². The van der Waals surface area contributed by atoms with E-state index in [2.05, 4.69) is 10.3 Å². The summed E-state index contributed by atoms with van der Waals surface area (Å²) in [4.78, 5) is 14.7. The number of nitrogens with one attached hydrogen (secondary N) is 2. The topological polar surface area (TPSA) is 43.2 Å². The number of hydrogen-bond donors (Lipinski definition) is 1. The second kappa shape index (κ2) is 4.91. The van der Waals surface area contributed by atoms with Crippen molar-refractivity contribution in [2.24, 2.45) is 5.92 Å². The highest BCUT2D eigenvalue weighted by Crippen LogP contribution is 2.24. The highest BCUT2D eigenvalue weighted by molar-refractivity contribution is 5.78. The summed E-state index contributed by atoms with van der Waals surface area (Å²) in [6.07, 6.45) is 8.31. The van der Waals surface area contributed by atoms with Crippen molar-refractivity contribution in [1.29, 1.82) is 0 Å². The summed E-state index contributed by atoms with van der Waals surface area (Å²) in [5, 5.41) is 2.98. The van der Waals surface area contributed by atoms with Crippen LogP contribution in [-0.2, 0) is 11.3 Å². The normalized spacial score (nSPS) is 16.5. The Labute approximate surface area is 89.9 Å². The molecule has 1 fully saturated rings. The molecule has 1 aliphatic carbocycles. The van der Waals surface area contributed by atoms with Gasteiger partial charge in [-0.1, -0.05) is 12.8 Å². The lowest BCUT2D eigenvalue weighted by molar-refractivity contribution is -0.378. The molecule has 0 atom stereocenters. The monoisotopic (exact) mass is 205 g/mol. The number of pyridine rings is 1. The van der Waals surface area contributed by atoms with E-state index in [1.54, 1.807) is 0 Å². The second-order valence-electron chi connectivity index (χ2n) is 4.11. The van der Waals surface area contributed by atoms with Gasteiger partial charge in [0.2, 0.25) is 5.91 Å². The minimum absolute atomic E-state index is 0.219. The van der Waals surface area contributed by atoms with Gasteiger partial charge < -0.3 is 5.32 Å². The Kier molecular flexibility index (Phi) is 3.33. The number of aromatic amines is 1. The summed E-state index contributed by atoms with van der Waals surface area (Å²) in [6, 6.07) is 3.95. The minimum atomic E-state index is 0.219. The van der Waals surface area contributed by atoms with E-state index >= 15 is 0 Å². The Balaban J connectivity index is 1.80. The summed E-state index contributed by atoms with van der Waals surface area (Å²) >= 11 is 0. The van der Waals surface area contributed by atoms with Crippen LogP contribution in [0.2, 0.25) is 0 Å². The van der Waals surface area contributed by atoms with E-state index in [0.717, 1.165) is 18.4 Å². The predicted molar refractivity (Wildman–Crippen MR) is 56.8 cm³/mol. The average Bonchev–Trinajstić information content (AvgIpc) is 2.81. The molecule has 0 spiro atoms. The predicted octanol–water partition coefficient (Wildman–Crippen LogP) is 1.31. The van der Waals surface area contributed by atoms with E-state index < -0.39 is 0 Å². The van der Waals surface area contributed by atoms with Crippen molar-refractivity contribution in [2.45, 2.75) is 32.2 Å². The standard InChI is InChI=1S/C12H16N2O/c15-12(11-5-1-2-6-11)14-9-10-4-3-7-13-8-10/h3-4,7-8,11H,1-2,5-6,9H2,(H,14,15)/p+1. The summed E-state index contributed by atoms with van der Waals surface area (Å²) < 4.78 is 0. The molecule has 2 N–H and O–H groups in total. The highest BCUT2D eigenvalue weighted by atomic mass is 16.1. The zero-order chi connectivity index (χ0) is 10.5. The van der Waals surface area contributed by atoms with Gasteiger partial charge in [0.1, 0.15) is 0 Å². The maximum Gasteiger partial charge on any atom is 0.223 e. The lowest BCUT2D eigenvalue weighted by atomic mass is 10.1. The van der Waals surface area contributed by atoms with Gasteiger partial charge in [-0.25, -0.2) is 4.98 Å². The van der Waals surface area contributed by atoms with E-state index in [-0.39, 0.29) is 11.8 Å². The molecule has 1 aromatic rings. The molecule has 0 bridgehead atoms. The maximum atomic E-state index is 11.7. The Morgan fingerprint density at radius 3 is 2.93 bits per heavy atom. The zero-order valence-corrected chi connectivity index (χ0v) is 8.83. The third-order valence-corrected chi connectivity index (χ3v) is 2.96. The molecule has 0 radical (unpaired) electrons.